The van der Waals surface area contributed by atoms with Crippen LogP contribution in [0, 0.1) is 17.8 Å². The van der Waals surface area contributed by atoms with Gasteiger partial charge >= 0.3 is 0 Å². The van der Waals surface area contributed by atoms with Crippen molar-refractivity contribution in [2.75, 3.05) is 0 Å². The normalized spacial score (nSPS) is 11.3. The van der Waals surface area contributed by atoms with Crippen LogP contribution in [0.25, 0.3) is 0 Å². The molecule has 0 bridgehead atoms. The summed E-state index contributed by atoms with van der Waals surface area (Å²) in [6.45, 7) is 29.7. The van der Waals surface area contributed by atoms with Crippen LogP contribution < -0.4 is 0 Å². The van der Waals surface area contributed by atoms with Gasteiger partial charge < -0.3 is 0 Å². The lowest BCUT2D eigenvalue weighted by molar-refractivity contribution is 0.472. The van der Waals surface area contributed by atoms with Gasteiger partial charge in [-0.1, -0.05) is 314 Å². The van der Waals surface area contributed by atoms with E-state index in [1.807, 2.05) is 0 Å². The molecule has 0 nitrogen and oxygen atoms in total. The summed E-state index contributed by atoms with van der Waals surface area (Å²) in [6, 6.07) is 0. The number of unbranched alkanes of at least 4 members (excludes halogenated alkanes) is 26. The highest BCUT2D eigenvalue weighted by Gasteiger charge is 1.98. The Morgan fingerprint density at radius 1 is 0.278 bits per heavy atom. The van der Waals surface area contributed by atoms with Gasteiger partial charge in [0.2, 0.25) is 0 Å². The van der Waals surface area contributed by atoms with Crippen molar-refractivity contribution in [1.29, 1.82) is 0 Å². The third kappa shape index (κ3) is 84.3. The van der Waals surface area contributed by atoms with E-state index < -0.39 is 0 Å². The molecule has 0 heteroatoms. The number of hydrogen-bond acceptors (Lipinski definition) is 0. The van der Waals surface area contributed by atoms with Crippen molar-refractivity contribution in [3.63, 3.8) is 0 Å². The molecule has 0 aromatic rings. The summed E-state index contributed by atoms with van der Waals surface area (Å²) in [5.41, 5.74) is 0. The Balaban J connectivity index is -0.000000186. The van der Waals surface area contributed by atoms with E-state index in [1.54, 1.807) is 0 Å². The molecule has 0 fully saturated rings. The minimum absolute atomic E-state index is 0.903. The van der Waals surface area contributed by atoms with Gasteiger partial charge in [-0.25, -0.2) is 0 Å². The fraction of sp³-hybridized carbons (Fsp3) is 0.963. The van der Waals surface area contributed by atoms with E-state index >= 15 is 0 Å². The monoisotopic (exact) mass is 765 g/mol. The summed E-state index contributed by atoms with van der Waals surface area (Å²) in [6.07, 6.45) is 55.5. The first-order valence-electron chi connectivity index (χ1n) is 25.8. The van der Waals surface area contributed by atoms with Crippen LogP contribution in [0.15, 0.2) is 12.2 Å². The molecule has 0 saturated heterocycles. The largest absolute Gasteiger partial charge is 0.0888 e. The van der Waals surface area contributed by atoms with Crippen molar-refractivity contribution in [3.8, 4) is 0 Å². The quantitative estimate of drug-likeness (QED) is 0.0445. The smallest absolute Gasteiger partial charge is 0.0351 e. The van der Waals surface area contributed by atoms with Gasteiger partial charge in [0, 0.05) is 0 Å². The first-order valence-corrected chi connectivity index (χ1v) is 25.8. The highest BCUT2D eigenvalue weighted by atomic mass is 14.0. The number of rotatable bonds is 35. The molecule has 0 N–H and O–H groups in total. The number of allylic oxidation sites excluding steroid dienone is 2. The Morgan fingerprint density at radius 3 is 0.796 bits per heavy atom. The molecule has 0 aliphatic heterocycles. The van der Waals surface area contributed by atoms with Gasteiger partial charge in [0.25, 0.3) is 0 Å². The molecule has 0 aromatic carbocycles. The predicted molar refractivity (Wildman–Crippen MR) is 260 cm³/mol. The van der Waals surface area contributed by atoms with Gasteiger partial charge in [0.15, 0.2) is 0 Å². The molecule has 0 rings (SSSR count). The third-order valence-corrected chi connectivity index (χ3v) is 10.6. The molecule has 0 spiro atoms. The van der Waals surface area contributed by atoms with Gasteiger partial charge in [-0.3, -0.25) is 0 Å². The van der Waals surface area contributed by atoms with Crippen LogP contribution in [-0.4, -0.2) is 0 Å². The second-order valence-corrected chi connectivity index (χ2v) is 17.8. The van der Waals surface area contributed by atoms with Crippen molar-refractivity contribution in [3.05, 3.63) is 12.2 Å². The highest BCUT2D eigenvalue weighted by molar-refractivity contribution is 4.79. The average molecular weight is 766 g/mol. The summed E-state index contributed by atoms with van der Waals surface area (Å²) >= 11 is 0. The summed E-state index contributed by atoms with van der Waals surface area (Å²) in [5.74, 6) is 2.76. The molecule has 0 aliphatic carbocycles. The molecule has 0 aliphatic rings. The third-order valence-electron chi connectivity index (χ3n) is 10.6. The zero-order valence-corrected chi connectivity index (χ0v) is 41.3. The van der Waals surface area contributed by atoms with Gasteiger partial charge in [-0.2, -0.15) is 0 Å². The second kappa shape index (κ2) is 64.6. The number of hydrogen-bond donors (Lipinski definition) is 0. The van der Waals surface area contributed by atoms with E-state index in [9.17, 15) is 0 Å². The van der Waals surface area contributed by atoms with Gasteiger partial charge in [-0.05, 0) is 37.0 Å². The molecule has 0 amide bonds. The second-order valence-electron chi connectivity index (χ2n) is 17.8. The highest BCUT2D eigenvalue weighted by Crippen LogP contribution is 2.15. The fourth-order valence-electron chi connectivity index (χ4n) is 6.32. The minimum atomic E-state index is 0.903. The van der Waals surface area contributed by atoms with Crippen LogP contribution in [0.5, 0.6) is 0 Å². The van der Waals surface area contributed by atoms with Crippen LogP contribution in [0.4, 0.5) is 0 Å². The van der Waals surface area contributed by atoms with Crippen LogP contribution in [0.2, 0.25) is 0 Å². The molecule has 54 heavy (non-hydrogen) atoms. The molecular weight excluding hydrogens is 649 g/mol. The molecule has 1 atom stereocenters. The van der Waals surface area contributed by atoms with Crippen LogP contribution in [0.1, 0.15) is 321 Å². The standard InChI is InChI=1S/2C12H26.C11H24.C10H22.C9H18/c1-4-5-6-7-8-9-10-11-12(2)3;1-4-6-7-8-9-10-11-12(3)5-2;1-3-5-7-9-11-10-8-6-4-2;1-4-5-6-7-8-9-10(2)3;1-3-5-7-9-8-6-4-2/h2*12H,4-11H2,1-3H3;3-11H2,1-2H3;10H,4-9H2,1-3H3;5,7H,3-4,6,8-9H2,1-2H3/b;;;;7-5+. The van der Waals surface area contributed by atoms with Gasteiger partial charge in [0.05, 0.1) is 0 Å². The van der Waals surface area contributed by atoms with E-state index in [-0.39, 0.29) is 0 Å². The Bertz CT molecular complexity index is 548. The Kier molecular flexibility index (Phi) is 75.3. The lowest BCUT2D eigenvalue weighted by atomic mass is 10.00. The van der Waals surface area contributed by atoms with Crippen molar-refractivity contribution in [1.82, 2.24) is 0 Å². The van der Waals surface area contributed by atoms with Crippen molar-refractivity contribution >= 4 is 0 Å². The zero-order valence-electron chi connectivity index (χ0n) is 41.3. The molecule has 0 radical (unpaired) electrons. The van der Waals surface area contributed by atoms with Crippen LogP contribution in [-0.2, 0) is 0 Å². The minimum Gasteiger partial charge on any atom is -0.0888 e. The average Bonchev–Trinajstić information content (AvgIpc) is 3.16. The summed E-state index contributed by atoms with van der Waals surface area (Å²) < 4.78 is 0. The lowest BCUT2D eigenvalue weighted by Crippen LogP contribution is -1.91. The molecule has 0 saturated carbocycles. The predicted octanol–water partition coefficient (Wildman–Crippen LogP) is 21.6. The summed E-state index contributed by atoms with van der Waals surface area (Å²) in [5, 5.41) is 0. The summed E-state index contributed by atoms with van der Waals surface area (Å²) in [7, 11) is 0. The zero-order chi connectivity index (χ0) is 41.6. The molecule has 0 aromatic heterocycles. The first kappa shape index (κ1) is 62.9. The van der Waals surface area contributed by atoms with E-state index in [1.165, 1.54) is 231 Å². The van der Waals surface area contributed by atoms with E-state index in [0.29, 0.717) is 0 Å². The Labute approximate surface area is 349 Å². The maximum absolute atomic E-state index is 2.37. The maximum Gasteiger partial charge on any atom is -0.0351 e. The maximum atomic E-state index is 2.37. The Morgan fingerprint density at radius 2 is 0.537 bits per heavy atom. The Hall–Kier alpha value is -0.260. The molecule has 0 heterocycles. The molecule has 1 unspecified atom stereocenters. The first-order chi connectivity index (χ1) is 26.2. The van der Waals surface area contributed by atoms with Crippen molar-refractivity contribution in [2.24, 2.45) is 17.8 Å². The van der Waals surface area contributed by atoms with Crippen LogP contribution in [0.3, 0.4) is 0 Å². The van der Waals surface area contributed by atoms with Crippen molar-refractivity contribution in [2.45, 2.75) is 321 Å². The van der Waals surface area contributed by atoms with E-state index in [2.05, 4.69) is 102 Å². The van der Waals surface area contributed by atoms with Crippen LogP contribution >= 0.6 is 0 Å². The lowest BCUT2D eigenvalue weighted by Gasteiger charge is -2.06. The van der Waals surface area contributed by atoms with Gasteiger partial charge in [-0.15, -0.1) is 0 Å². The topological polar surface area (TPSA) is 0 Å². The van der Waals surface area contributed by atoms with E-state index in [0.717, 1.165) is 17.8 Å². The molecular formula is C54H116. The van der Waals surface area contributed by atoms with E-state index in [4.69, 9.17) is 0 Å². The summed E-state index contributed by atoms with van der Waals surface area (Å²) in [4.78, 5) is 0. The molecule has 332 valence electrons. The van der Waals surface area contributed by atoms with Crippen molar-refractivity contribution < 1.29 is 0 Å². The SMILES string of the molecule is CC/C=C/CCCCC.CCCCCCCC(C)C.CCCCCCCCC(C)CC.CCCCCCCCCC(C)C.CCCCCCCCCCC. The fourth-order valence-corrected chi connectivity index (χ4v) is 6.32. The van der Waals surface area contributed by atoms with Gasteiger partial charge in [0.1, 0.15) is 0 Å².